The lowest BCUT2D eigenvalue weighted by atomic mass is 10.2. The summed E-state index contributed by atoms with van der Waals surface area (Å²) >= 11 is 0. The van der Waals surface area contributed by atoms with Crippen molar-refractivity contribution in [2.75, 3.05) is 7.11 Å². The van der Waals surface area contributed by atoms with Gasteiger partial charge in [0.1, 0.15) is 11.5 Å². The Morgan fingerprint density at radius 3 is 2.81 bits per heavy atom. The summed E-state index contributed by atoms with van der Waals surface area (Å²) in [4.78, 5) is 11.2. The van der Waals surface area contributed by atoms with E-state index in [9.17, 15) is 4.79 Å². The third-order valence-electron chi connectivity index (χ3n) is 2.77. The highest BCUT2D eigenvalue weighted by Gasteiger charge is 2.10. The van der Waals surface area contributed by atoms with Gasteiger partial charge >= 0.3 is 0 Å². The maximum atomic E-state index is 11.2. The van der Waals surface area contributed by atoms with Crippen LogP contribution in [0.25, 0.3) is 10.9 Å². The minimum Gasteiger partial charge on any atom is -0.495 e. The van der Waals surface area contributed by atoms with E-state index < -0.39 is 0 Å². The summed E-state index contributed by atoms with van der Waals surface area (Å²) in [6, 6.07) is 7.96. The van der Waals surface area contributed by atoms with Crippen molar-refractivity contribution in [1.29, 1.82) is 0 Å². The van der Waals surface area contributed by atoms with Crippen LogP contribution in [0.1, 0.15) is 12.6 Å². The largest absolute Gasteiger partial charge is 0.495 e. The van der Waals surface area contributed by atoms with Crippen molar-refractivity contribution in [3.8, 4) is 5.75 Å². The van der Waals surface area contributed by atoms with Gasteiger partial charge in [-0.3, -0.25) is 4.79 Å². The Bertz CT molecular complexity index is 540. The van der Waals surface area contributed by atoms with Crippen LogP contribution in [0.4, 0.5) is 0 Å². The van der Waals surface area contributed by atoms with Crippen molar-refractivity contribution in [3.05, 3.63) is 30.0 Å². The van der Waals surface area contributed by atoms with E-state index in [1.807, 2.05) is 35.9 Å². The smallest absolute Gasteiger partial charge is 0.143 e. The molecule has 0 atom stereocenters. The van der Waals surface area contributed by atoms with Gasteiger partial charge in [0.25, 0.3) is 0 Å². The Morgan fingerprint density at radius 1 is 1.44 bits per heavy atom. The van der Waals surface area contributed by atoms with E-state index in [2.05, 4.69) is 0 Å². The molecular weight excluding hydrogens is 202 g/mol. The SMILES string of the molecule is COc1cccc2cc(CC(C)=O)n(C)c12. The van der Waals surface area contributed by atoms with Gasteiger partial charge in [0, 0.05) is 24.5 Å². The van der Waals surface area contributed by atoms with Crippen LogP contribution < -0.4 is 4.74 Å². The molecule has 16 heavy (non-hydrogen) atoms. The first-order valence-electron chi connectivity index (χ1n) is 5.24. The summed E-state index contributed by atoms with van der Waals surface area (Å²) in [5.74, 6) is 1.01. The first-order valence-corrected chi connectivity index (χ1v) is 5.24. The number of rotatable bonds is 3. The fourth-order valence-corrected chi connectivity index (χ4v) is 2.02. The van der Waals surface area contributed by atoms with Gasteiger partial charge in [-0.1, -0.05) is 12.1 Å². The topological polar surface area (TPSA) is 31.2 Å². The number of fused-ring (bicyclic) bond motifs is 1. The van der Waals surface area contributed by atoms with E-state index in [1.54, 1.807) is 14.0 Å². The third-order valence-corrected chi connectivity index (χ3v) is 2.77. The minimum absolute atomic E-state index is 0.171. The van der Waals surface area contributed by atoms with E-state index in [-0.39, 0.29) is 5.78 Å². The van der Waals surface area contributed by atoms with E-state index in [4.69, 9.17) is 4.74 Å². The standard InChI is InChI=1S/C13H15NO2/c1-9(15)7-11-8-10-5-4-6-12(16-3)13(10)14(11)2/h4-6,8H,7H2,1-3H3. The number of Topliss-reactive ketones (excluding diaryl/α,β-unsaturated/α-hetero) is 1. The number of ether oxygens (including phenoxy) is 1. The lowest BCUT2D eigenvalue weighted by molar-refractivity contribution is -0.116. The molecule has 3 nitrogen and oxygen atoms in total. The Kier molecular flexibility index (Phi) is 2.69. The van der Waals surface area contributed by atoms with Crippen molar-refractivity contribution < 1.29 is 9.53 Å². The molecule has 1 aromatic carbocycles. The van der Waals surface area contributed by atoms with Crippen LogP contribution in [0.15, 0.2) is 24.3 Å². The Hall–Kier alpha value is -1.77. The molecule has 0 aliphatic rings. The number of aromatic nitrogens is 1. The van der Waals surface area contributed by atoms with Gasteiger partial charge in [0.15, 0.2) is 0 Å². The maximum absolute atomic E-state index is 11.2. The summed E-state index contributed by atoms with van der Waals surface area (Å²) in [6.07, 6.45) is 0.467. The number of carbonyl (C=O) groups is 1. The minimum atomic E-state index is 0.171. The molecule has 0 fully saturated rings. The van der Waals surface area contributed by atoms with Crippen LogP contribution in [0, 0.1) is 0 Å². The number of aryl methyl sites for hydroxylation is 1. The third kappa shape index (κ3) is 1.69. The van der Waals surface area contributed by atoms with Crippen molar-refractivity contribution in [2.24, 2.45) is 7.05 Å². The van der Waals surface area contributed by atoms with Crippen LogP contribution in [0.5, 0.6) is 5.75 Å². The predicted molar refractivity (Wildman–Crippen MR) is 63.9 cm³/mol. The Labute approximate surface area is 94.6 Å². The molecule has 0 radical (unpaired) electrons. The number of para-hydroxylation sites is 1. The fraction of sp³-hybridized carbons (Fsp3) is 0.308. The number of hydrogen-bond acceptors (Lipinski definition) is 2. The summed E-state index contributed by atoms with van der Waals surface area (Å²) in [6.45, 7) is 1.61. The zero-order valence-corrected chi connectivity index (χ0v) is 9.78. The average Bonchev–Trinajstić information content (AvgIpc) is 2.55. The van der Waals surface area contributed by atoms with Crippen molar-refractivity contribution in [3.63, 3.8) is 0 Å². The summed E-state index contributed by atoms with van der Waals surface area (Å²) in [7, 11) is 3.62. The molecule has 1 aromatic heterocycles. The molecule has 0 aliphatic heterocycles. The Balaban J connectivity index is 2.63. The summed E-state index contributed by atoms with van der Waals surface area (Å²) < 4.78 is 7.34. The molecule has 0 bridgehead atoms. The van der Waals surface area contributed by atoms with Gasteiger partial charge in [0.2, 0.25) is 0 Å². The molecule has 0 spiro atoms. The first kappa shape index (κ1) is 10.7. The number of carbonyl (C=O) groups excluding carboxylic acids is 1. The molecule has 0 saturated carbocycles. The molecule has 0 saturated heterocycles. The summed E-state index contributed by atoms with van der Waals surface area (Å²) in [5.41, 5.74) is 2.06. The van der Waals surface area contributed by atoms with Gasteiger partial charge in [-0.25, -0.2) is 0 Å². The number of ketones is 1. The van der Waals surface area contributed by atoms with E-state index >= 15 is 0 Å². The molecule has 84 valence electrons. The van der Waals surface area contributed by atoms with Crippen molar-refractivity contribution in [2.45, 2.75) is 13.3 Å². The average molecular weight is 217 g/mol. The second kappa shape index (κ2) is 4.00. The first-order chi connectivity index (χ1) is 7.63. The van der Waals surface area contributed by atoms with Gasteiger partial charge in [0.05, 0.1) is 12.6 Å². The van der Waals surface area contributed by atoms with Crippen LogP contribution in [0.3, 0.4) is 0 Å². The maximum Gasteiger partial charge on any atom is 0.143 e. The zero-order chi connectivity index (χ0) is 11.7. The van der Waals surface area contributed by atoms with Crippen molar-refractivity contribution >= 4 is 16.7 Å². The van der Waals surface area contributed by atoms with Gasteiger partial charge in [-0.15, -0.1) is 0 Å². The molecule has 3 heteroatoms. The molecule has 0 amide bonds. The number of hydrogen-bond donors (Lipinski definition) is 0. The Morgan fingerprint density at radius 2 is 2.19 bits per heavy atom. The van der Waals surface area contributed by atoms with Gasteiger partial charge in [-0.2, -0.15) is 0 Å². The fourth-order valence-electron chi connectivity index (χ4n) is 2.02. The monoisotopic (exact) mass is 217 g/mol. The number of benzene rings is 1. The van der Waals surface area contributed by atoms with E-state index in [0.717, 1.165) is 22.3 Å². The van der Waals surface area contributed by atoms with Gasteiger partial charge < -0.3 is 9.30 Å². The molecule has 0 N–H and O–H groups in total. The predicted octanol–water partition coefficient (Wildman–Crippen LogP) is 2.32. The van der Waals surface area contributed by atoms with Crippen LogP contribution in [-0.2, 0) is 18.3 Å². The number of nitrogens with zero attached hydrogens (tertiary/aromatic N) is 1. The molecule has 2 rings (SSSR count). The molecule has 0 unspecified atom stereocenters. The van der Waals surface area contributed by atoms with Crippen LogP contribution in [0.2, 0.25) is 0 Å². The normalized spacial score (nSPS) is 10.7. The van der Waals surface area contributed by atoms with Crippen LogP contribution >= 0.6 is 0 Å². The highest BCUT2D eigenvalue weighted by Crippen LogP contribution is 2.28. The second-order valence-corrected chi connectivity index (χ2v) is 3.97. The summed E-state index contributed by atoms with van der Waals surface area (Å²) in [5, 5.41) is 1.11. The number of methoxy groups -OCH3 is 1. The zero-order valence-electron chi connectivity index (χ0n) is 9.78. The highest BCUT2D eigenvalue weighted by molar-refractivity contribution is 5.88. The van der Waals surface area contributed by atoms with Gasteiger partial charge in [-0.05, 0) is 19.1 Å². The van der Waals surface area contributed by atoms with Crippen molar-refractivity contribution in [1.82, 2.24) is 4.57 Å². The quantitative estimate of drug-likeness (QED) is 0.790. The highest BCUT2D eigenvalue weighted by atomic mass is 16.5. The molecule has 0 aliphatic carbocycles. The van der Waals surface area contributed by atoms with E-state index in [0.29, 0.717) is 6.42 Å². The van der Waals surface area contributed by atoms with E-state index in [1.165, 1.54) is 0 Å². The van der Waals surface area contributed by atoms with Crippen LogP contribution in [-0.4, -0.2) is 17.5 Å². The molecule has 1 heterocycles. The second-order valence-electron chi connectivity index (χ2n) is 3.97. The molecular formula is C13H15NO2. The lowest BCUT2D eigenvalue weighted by Crippen LogP contribution is -2.02. The lowest BCUT2D eigenvalue weighted by Gasteiger charge is -2.06. The molecule has 2 aromatic rings.